The minimum Gasteiger partial charge on any atom is -0.381 e. The molecule has 0 spiro atoms. The Morgan fingerprint density at radius 3 is 2.88 bits per heavy atom. The van der Waals surface area contributed by atoms with Gasteiger partial charge < -0.3 is 14.8 Å². The number of nitrogens with zero attached hydrogens (tertiary/aromatic N) is 3. The van der Waals surface area contributed by atoms with Crippen molar-refractivity contribution in [3.63, 3.8) is 0 Å². The fourth-order valence-electron chi connectivity index (χ4n) is 4.22. The molecule has 0 unspecified atom stereocenters. The summed E-state index contributed by atoms with van der Waals surface area (Å²) in [4.78, 5) is 23.5. The molecule has 3 saturated heterocycles. The number of fused-ring (bicyclic) bond motifs is 1. The second-order valence-electron chi connectivity index (χ2n) is 7.20. The van der Waals surface area contributed by atoms with Crippen molar-refractivity contribution >= 4 is 5.91 Å². The summed E-state index contributed by atoms with van der Waals surface area (Å²) in [5.41, 5.74) is 1.64. The minimum absolute atomic E-state index is 0.0382. The fraction of sp³-hybridized carbons (Fsp3) is 0.722. The molecule has 1 aromatic rings. The SMILES string of the molecule is Cc1cnc(CNC(=O)[C@H]2C[C@H]3[C@H](CCN3C3CCOCC3)O2)cn1. The molecule has 1 amide bonds. The summed E-state index contributed by atoms with van der Waals surface area (Å²) in [5, 5.41) is 2.94. The zero-order valence-corrected chi connectivity index (χ0v) is 14.7. The van der Waals surface area contributed by atoms with E-state index >= 15 is 0 Å². The van der Waals surface area contributed by atoms with Crippen molar-refractivity contribution < 1.29 is 14.3 Å². The monoisotopic (exact) mass is 346 g/mol. The van der Waals surface area contributed by atoms with Gasteiger partial charge in [0, 0.05) is 44.5 Å². The van der Waals surface area contributed by atoms with E-state index < -0.39 is 0 Å². The minimum atomic E-state index is -0.351. The van der Waals surface area contributed by atoms with Crippen LogP contribution in [0.2, 0.25) is 0 Å². The fourth-order valence-corrected chi connectivity index (χ4v) is 4.22. The highest BCUT2D eigenvalue weighted by molar-refractivity contribution is 5.81. The van der Waals surface area contributed by atoms with Crippen LogP contribution in [0.1, 0.15) is 37.1 Å². The maximum Gasteiger partial charge on any atom is 0.249 e. The van der Waals surface area contributed by atoms with Gasteiger partial charge in [0.15, 0.2) is 0 Å². The maximum absolute atomic E-state index is 12.5. The standard InChI is InChI=1S/C18H26N4O3/c1-12-9-20-13(10-19-12)11-21-18(23)17-8-15-16(25-17)2-5-22(15)14-3-6-24-7-4-14/h9-10,14-17H,2-8,11H2,1H3,(H,21,23)/t15-,16-,17+/m0/s1. The molecule has 136 valence electrons. The Labute approximate surface area is 148 Å². The van der Waals surface area contributed by atoms with E-state index in [4.69, 9.17) is 9.47 Å². The van der Waals surface area contributed by atoms with E-state index in [2.05, 4.69) is 20.2 Å². The van der Waals surface area contributed by atoms with Gasteiger partial charge in [0.25, 0.3) is 0 Å². The molecule has 3 aliphatic heterocycles. The van der Waals surface area contributed by atoms with Gasteiger partial charge in [0.2, 0.25) is 5.91 Å². The van der Waals surface area contributed by atoms with Crippen LogP contribution in [-0.2, 0) is 20.8 Å². The number of carbonyl (C=O) groups excluding carboxylic acids is 1. The Hall–Kier alpha value is -1.57. The summed E-state index contributed by atoms with van der Waals surface area (Å²) in [6.45, 7) is 5.06. The molecular weight excluding hydrogens is 320 g/mol. The summed E-state index contributed by atoms with van der Waals surface area (Å²) in [6.07, 6.45) is 7.24. The van der Waals surface area contributed by atoms with Crippen molar-refractivity contribution in [2.45, 2.75) is 63.4 Å². The van der Waals surface area contributed by atoms with Crippen LogP contribution in [0.25, 0.3) is 0 Å². The van der Waals surface area contributed by atoms with E-state index in [1.165, 1.54) is 0 Å². The molecule has 0 aliphatic carbocycles. The average molecular weight is 346 g/mol. The van der Waals surface area contributed by atoms with Crippen LogP contribution in [0.4, 0.5) is 0 Å². The lowest BCUT2D eigenvalue weighted by Crippen LogP contribution is -2.44. The Bertz CT molecular complexity index is 603. The second kappa shape index (κ2) is 7.35. The van der Waals surface area contributed by atoms with Gasteiger partial charge in [-0.1, -0.05) is 0 Å². The highest BCUT2D eigenvalue weighted by atomic mass is 16.5. The number of carbonyl (C=O) groups is 1. The molecular formula is C18H26N4O3. The molecule has 3 aliphatic rings. The quantitative estimate of drug-likeness (QED) is 0.870. The largest absolute Gasteiger partial charge is 0.381 e. The van der Waals surface area contributed by atoms with E-state index in [1.807, 2.05) is 6.92 Å². The predicted octanol–water partition coefficient (Wildman–Crippen LogP) is 0.812. The van der Waals surface area contributed by atoms with Crippen LogP contribution < -0.4 is 5.32 Å². The van der Waals surface area contributed by atoms with Crippen LogP contribution in [0.15, 0.2) is 12.4 Å². The predicted molar refractivity (Wildman–Crippen MR) is 90.8 cm³/mol. The van der Waals surface area contributed by atoms with Gasteiger partial charge in [-0.2, -0.15) is 0 Å². The van der Waals surface area contributed by atoms with Crippen molar-refractivity contribution in [2.24, 2.45) is 0 Å². The van der Waals surface area contributed by atoms with Gasteiger partial charge in [-0.25, -0.2) is 0 Å². The van der Waals surface area contributed by atoms with Crippen molar-refractivity contribution in [1.29, 1.82) is 0 Å². The number of ether oxygens (including phenoxy) is 2. The van der Waals surface area contributed by atoms with E-state index in [0.717, 1.165) is 56.8 Å². The third kappa shape index (κ3) is 3.68. The lowest BCUT2D eigenvalue weighted by atomic mass is 10.0. The molecule has 1 N–H and O–H groups in total. The highest BCUT2D eigenvalue weighted by Crippen LogP contribution is 2.36. The first kappa shape index (κ1) is 16.9. The Balaban J connectivity index is 1.30. The zero-order chi connectivity index (χ0) is 17.2. The van der Waals surface area contributed by atoms with Crippen molar-refractivity contribution in [2.75, 3.05) is 19.8 Å². The van der Waals surface area contributed by atoms with Crippen molar-refractivity contribution in [3.05, 3.63) is 23.8 Å². The Kier molecular flexibility index (Phi) is 4.96. The number of hydrogen-bond donors (Lipinski definition) is 1. The van der Waals surface area contributed by atoms with Crippen molar-refractivity contribution in [1.82, 2.24) is 20.2 Å². The van der Waals surface area contributed by atoms with Gasteiger partial charge in [-0.15, -0.1) is 0 Å². The second-order valence-corrected chi connectivity index (χ2v) is 7.20. The molecule has 0 bridgehead atoms. The van der Waals surface area contributed by atoms with Gasteiger partial charge >= 0.3 is 0 Å². The normalized spacial score (nSPS) is 30.4. The lowest BCUT2D eigenvalue weighted by Gasteiger charge is -2.34. The lowest BCUT2D eigenvalue weighted by molar-refractivity contribution is -0.132. The van der Waals surface area contributed by atoms with E-state index in [9.17, 15) is 4.79 Å². The number of aromatic nitrogens is 2. The van der Waals surface area contributed by atoms with Crippen LogP contribution in [0, 0.1) is 6.92 Å². The Morgan fingerprint density at radius 2 is 2.12 bits per heavy atom. The van der Waals surface area contributed by atoms with E-state index in [1.54, 1.807) is 12.4 Å². The summed E-state index contributed by atoms with van der Waals surface area (Å²) < 4.78 is 11.5. The van der Waals surface area contributed by atoms with Crippen LogP contribution in [-0.4, -0.2) is 64.8 Å². The summed E-state index contributed by atoms with van der Waals surface area (Å²) in [7, 11) is 0. The molecule has 0 aromatic carbocycles. The first-order valence-corrected chi connectivity index (χ1v) is 9.25. The molecule has 0 radical (unpaired) electrons. The third-order valence-electron chi connectivity index (χ3n) is 5.55. The van der Waals surface area contributed by atoms with E-state index in [-0.39, 0.29) is 18.1 Å². The van der Waals surface area contributed by atoms with Crippen LogP contribution in [0.5, 0.6) is 0 Å². The van der Waals surface area contributed by atoms with Gasteiger partial charge in [0.05, 0.1) is 30.2 Å². The number of rotatable bonds is 4. The molecule has 3 fully saturated rings. The molecule has 3 atom stereocenters. The smallest absolute Gasteiger partial charge is 0.249 e. The molecule has 25 heavy (non-hydrogen) atoms. The van der Waals surface area contributed by atoms with Gasteiger partial charge in [0.1, 0.15) is 6.10 Å². The van der Waals surface area contributed by atoms with Gasteiger partial charge in [-0.05, 0) is 26.2 Å². The highest BCUT2D eigenvalue weighted by Gasteiger charge is 2.47. The molecule has 1 aromatic heterocycles. The van der Waals surface area contributed by atoms with Gasteiger partial charge in [-0.3, -0.25) is 19.7 Å². The average Bonchev–Trinajstić information content (AvgIpc) is 3.22. The van der Waals surface area contributed by atoms with Crippen molar-refractivity contribution in [3.8, 4) is 0 Å². The first-order chi connectivity index (χ1) is 12.2. The zero-order valence-electron chi connectivity index (χ0n) is 14.7. The summed E-state index contributed by atoms with van der Waals surface area (Å²) >= 11 is 0. The third-order valence-corrected chi connectivity index (χ3v) is 5.55. The maximum atomic E-state index is 12.5. The topological polar surface area (TPSA) is 76.6 Å². The number of aryl methyl sites for hydroxylation is 1. The number of nitrogens with one attached hydrogen (secondary N) is 1. The molecule has 7 nitrogen and oxygen atoms in total. The van der Waals surface area contributed by atoms with Crippen LogP contribution >= 0.6 is 0 Å². The van der Waals surface area contributed by atoms with E-state index in [0.29, 0.717) is 18.6 Å². The number of likely N-dealkylation sites (tertiary alicyclic amines) is 1. The molecule has 4 heterocycles. The Morgan fingerprint density at radius 1 is 1.28 bits per heavy atom. The van der Waals surface area contributed by atoms with Crippen LogP contribution in [0.3, 0.4) is 0 Å². The number of hydrogen-bond acceptors (Lipinski definition) is 6. The molecule has 4 rings (SSSR count). The summed E-state index contributed by atoms with van der Waals surface area (Å²) in [6, 6.07) is 0.954. The number of amides is 1. The molecule has 0 saturated carbocycles. The summed E-state index contributed by atoms with van der Waals surface area (Å²) in [5.74, 6) is -0.0382. The first-order valence-electron chi connectivity index (χ1n) is 9.25. The molecule has 7 heteroatoms.